The minimum Gasteiger partial charge on any atom is -0.356 e. The van der Waals surface area contributed by atoms with Crippen LogP contribution in [0.5, 0.6) is 0 Å². The molecule has 1 aliphatic carbocycles. The van der Waals surface area contributed by atoms with E-state index < -0.39 is 0 Å². The summed E-state index contributed by atoms with van der Waals surface area (Å²) < 4.78 is 0. The van der Waals surface area contributed by atoms with Gasteiger partial charge in [-0.15, -0.1) is 12.4 Å². The Bertz CT molecular complexity index is 199. The van der Waals surface area contributed by atoms with Crippen LogP contribution < -0.4 is 11.1 Å². The van der Waals surface area contributed by atoms with Gasteiger partial charge in [0.15, 0.2) is 0 Å². The van der Waals surface area contributed by atoms with Gasteiger partial charge < -0.3 is 11.1 Å². The van der Waals surface area contributed by atoms with Crippen LogP contribution in [0.4, 0.5) is 0 Å². The molecule has 84 valence electrons. The normalized spacial score (nSPS) is 31.8. The van der Waals surface area contributed by atoms with Crippen molar-refractivity contribution in [3.05, 3.63) is 0 Å². The number of hydrogen-bond acceptors (Lipinski definition) is 2. The van der Waals surface area contributed by atoms with E-state index in [4.69, 9.17) is 5.73 Å². The van der Waals surface area contributed by atoms with Gasteiger partial charge in [-0.3, -0.25) is 4.79 Å². The highest BCUT2D eigenvalue weighted by Gasteiger charge is 2.40. The van der Waals surface area contributed by atoms with Crippen LogP contribution >= 0.6 is 12.4 Å². The molecular weight excluding hydrogens is 200 g/mol. The van der Waals surface area contributed by atoms with Gasteiger partial charge in [0, 0.05) is 12.6 Å². The van der Waals surface area contributed by atoms with E-state index >= 15 is 0 Å². The predicted molar refractivity (Wildman–Crippen MR) is 60.5 cm³/mol. The predicted octanol–water partition coefficient (Wildman–Crippen LogP) is 1.45. The Morgan fingerprint density at radius 2 is 2.21 bits per heavy atom. The second-order valence-corrected chi connectivity index (χ2v) is 4.13. The third kappa shape index (κ3) is 2.61. The second kappa shape index (κ2) is 5.56. The van der Waals surface area contributed by atoms with Crippen molar-refractivity contribution >= 4 is 18.3 Å². The Balaban J connectivity index is 0.00000169. The Morgan fingerprint density at radius 3 is 2.71 bits per heavy atom. The van der Waals surface area contributed by atoms with Crippen molar-refractivity contribution in [1.82, 2.24) is 5.32 Å². The van der Waals surface area contributed by atoms with Crippen LogP contribution in [0.1, 0.15) is 39.5 Å². The summed E-state index contributed by atoms with van der Waals surface area (Å²) in [7, 11) is 0. The fourth-order valence-corrected chi connectivity index (χ4v) is 2.00. The third-order valence-electron chi connectivity index (χ3n) is 3.14. The minimum absolute atomic E-state index is 0. The Kier molecular flexibility index (Phi) is 5.45. The lowest BCUT2D eigenvalue weighted by Gasteiger charge is -2.37. The van der Waals surface area contributed by atoms with Gasteiger partial charge in [-0.2, -0.15) is 0 Å². The summed E-state index contributed by atoms with van der Waals surface area (Å²) in [5, 5.41) is 2.87. The van der Waals surface area contributed by atoms with E-state index in [0.29, 0.717) is 6.54 Å². The molecule has 1 amide bonds. The van der Waals surface area contributed by atoms with Crippen molar-refractivity contribution in [1.29, 1.82) is 0 Å². The number of halogens is 1. The highest BCUT2D eigenvalue weighted by atomic mass is 35.5. The van der Waals surface area contributed by atoms with Crippen LogP contribution in [0, 0.1) is 5.41 Å². The van der Waals surface area contributed by atoms with E-state index in [9.17, 15) is 4.79 Å². The Hall–Kier alpha value is -0.280. The van der Waals surface area contributed by atoms with Crippen molar-refractivity contribution < 1.29 is 4.79 Å². The lowest BCUT2D eigenvalue weighted by atomic mass is 9.71. The van der Waals surface area contributed by atoms with E-state index in [1.165, 1.54) is 0 Å². The zero-order valence-electron chi connectivity index (χ0n) is 9.01. The third-order valence-corrected chi connectivity index (χ3v) is 3.14. The number of nitrogens with two attached hydrogens (primary N) is 1. The molecule has 0 aromatic rings. The average Bonchev–Trinajstić information content (AvgIpc) is 2.11. The van der Waals surface area contributed by atoms with Crippen molar-refractivity contribution in [2.24, 2.45) is 11.1 Å². The first kappa shape index (κ1) is 13.7. The maximum absolute atomic E-state index is 11.7. The highest BCUT2D eigenvalue weighted by Crippen LogP contribution is 2.34. The lowest BCUT2D eigenvalue weighted by molar-refractivity contribution is -0.132. The minimum atomic E-state index is -0.325. The molecule has 1 fully saturated rings. The van der Waals surface area contributed by atoms with Crippen molar-refractivity contribution in [3.8, 4) is 0 Å². The first-order chi connectivity index (χ1) is 6.11. The molecular formula is C10H21ClN2O. The van der Waals surface area contributed by atoms with Gasteiger partial charge in [0.05, 0.1) is 5.41 Å². The van der Waals surface area contributed by atoms with E-state index in [-0.39, 0.29) is 29.8 Å². The summed E-state index contributed by atoms with van der Waals surface area (Å²) in [5.74, 6) is 0.127. The highest BCUT2D eigenvalue weighted by molar-refractivity contribution is 5.85. The second-order valence-electron chi connectivity index (χ2n) is 4.13. The van der Waals surface area contributed by atoms with Gasteiger partial charge in [0.1, 0.15) is 0 Å². The molecule has 14 heavy (non-hydrogen) atoms. The summed E-state index contributed by atoms with van der Waals surface area (Å²) in [4.78, 5) is 11.7. The van der Waals surface area contributed by atoms with Gasteiger partial charge in [-0.1, -0.05) is 12.8 Å². The van der Waals surface area contributed by atoms with Crippen LogP contribution in [-0.4, -0.2) is 18.5 Å². The quantitative estimate of drug-likeness (QED) is 0.740. The van der Waals surface area contributed by atoms with E-state index in [1.54, 1.807) is 0 Å². The monoisotopic (exact) mass is 220 g/mol. The first-order valence-electron chi connectivity index (χ1n) is 5.15. The molecule has 3 N–H and O–H groups in total. The van der Waals surface area contributed by atoms with Crippen molar-refractivity contribution in [2.75, 3.05) is 6.54 Å². The molecule has 1 rings (SSSR count). The van der Waals surface area contributed by atoms with Crippen molar-refractivity contribution in [3.63, 3.8) is 0 Å². The molecule has 2 atom stereocenters. The molecule has 0 saturated heterocycles. The lowest BCUT2D eigenvalue weighted by Crippen LogP contribution is -2.52. The zero-order valence-corrected chi connectivity index (χ0v) is 9.82. The molecule has 2 unspecified atom stereocenters. The SMILES string of the molecule is CCNC(=O)C1(C)CCCCC1N.Cl. The molecule has 4 heteroatoms. The summed E-state index contributed by atoms with van der Waals surface area (Å²) in [6.45, 7) is 4.62. The van der Waals surface area contributed by atoms with Gasteiger partial charge in [0.2, 0.25) is 5.91 Å². The number of carbonyl (C=O) groups excluding carboxylic acids is 1. The Labute approximate surface area is 92.2 Å². The van der Waals surface area contributed by atoms with Crippen molar-refractivity contribution in [2.45, 2.75) is 45.6 Å². The van der Waals surface area contributed by atoms with E-state index in [2.05, 4.69) is 5.32 Å². The number of amides is 1. The van der Waals surface area contributed by atoms with Gasteiger partial charge in [-0.25, -0.2) is 0 Å². The fourth-order valence-electron chi connectivity index (χ4n) is 2.00. The fraction of sp³-hybridized carbons (Fsp3) is 0.900. The van der Waals surface area contributed by atoms with E-state index in [0.717, 1.165) is 25.7 Å². The Morgan fingerprint density at radius 1 is 1.57 bits per heavy atom. The molecule has 0 bridgehead atoms. The summed E-state index contributed by atoms with van der Waals surface area (Å²) in [6.07, 6.45) is 4.20. The molecule has 1 saturated carbocycles. The van der Waals surface area contributed by atoms with Gasteiger partial charge >= 0.3 is 0 Å². The number of carbonyl (C=O) groups is 1. The average molecular weight is 221 g/mol. The van der Waals surface area contributed by atoms with Crippen LogP contribution in [0.25, 0.3) is 0 Å². The molecule has 0 aliphatic heterocycles. The zero-order chi connectivity index (χ0) is 9.90. The molecule has 1 aliphatic rings. The molecule has 0 radical (unpaired) electrons. The van der Waals surface area contributed by atoms with Crippen LogP contribution in [0.3, 0.4) is 0 Å². The van der Waals surface area contributed by atoms with Gasteiger partial charge in [0.25, 0.3) is 0 Å². The number of rotatable bonds is 2. The molecule has 3 nitrogen and oxygen atoms in total. The van der Waals surface area contributed by atoms with Crippen LogP contribution in [0.15, 0.2) is 0 Å². The first-order valence-corrected chi connectivity index (χ1v) is 5.15. The number of nitrogens with one attached hydrogen (secondary N) is 1. The standard InChI is InChI=1S/C10H20N2O.ClH/c1-3-12-9(13)10(2)7-5-4-6-8(10)11;/h8H,3-7,11H2,1-2H3,(H,12,13);1H. The smallest absolute Gasteiger partial charge is 0.227 e. The topological polar surface area (TPSA) is 55.1 Å². The van der Waals surface area contributed by atoms with Gasteiger partial charge in [-0.05, 0) is 26.7 Å². The molecule has 0 aromatic heterocycles. The largest absolute Gasteiger partial charge is 0.356 e. The van der Waals surface area contributed by atoms with Crippen LogP contribution in [-0.2, 0) is 4.79 Å². The maximum Gasteiger partial charge on any atom is 0.227 e. The van der Waals surface area contributed by atoms with E-state index in [1.807, 2.05) is 13.8 Å². The maximum atomic E-state index is 11.7. The van der Waals surface area contributed by atoms with Crippen LogP contribution in [0.2, 0.25) is 0 Å². The summed E-state index contributed by atoms with van der Waals surface area (Å²) >= 11 is 0. The summed E-state index contributed by atoms with van der Waals surface area (Å²) in [5.41, 5.74) is 5.66. The molecule has 0 aromatic carbocycles. The summed E-state index contributed by atoms with van der Waals surface area (Å²) in [6, 6.07) is 0.0350. The molecule has 0 spiro atoms. The number of hydrogen-bond donors (Lipinski definition) is 2. The molecule has 0 heterocycles.